The van der Waals surface area contributed by atoms with Gasteiger partial charge in [0.15, 0.2) is 0 Å². The number of ether oxygens (including phenoxy) is 2. The quantitative estimate of drug-likeness (QED) is 0.140. The lowest BCUT2D eigenvalue weighted by atomic mass is 9.98. The van der Waals surface area contributed by atoms with Crippen LogP contribution in [0.15, 0.2) is 103 Å². The topological polar surface area (TPSA) is 126 Å². The minimum atomic E-state index is -1.16. The molecule has 0 saturated heterocycles. The second-order valence-corrected chi connectivity index (χ2v) is 11.1. The van der Waals surface area contributed by atoms with Crippen molar-refractivity contribution in [3.05, 3.63) is 125 Å². The summed E-state index contributed by atoms with van der Waals surface area (Å²) in [6.07, 6.45) is -0.0964. The van der Waals surface area contributed by atoms with Crippen molar-refractivity contribution < 1.29 is 29.0 Å². The Kier molecular flexibility index (Phi) is 10.6. The van der Waals surface area contributed by atoms with E-state index in [2.05, 4.69) is 16.0 Å². The average molecular weight is 596 g/mol. The third-order valence-electron chi connectivity index (χ3n) is 6.80. The summed E-state index contributed by atoms with van der Waals surface area (Å²) in [5.41, 5.74) is 4.42. The van der Waals surface area contributed by atoms with Gasteiger partial charge in [0.05, 0.1) is 0 Å². The highest BCUT2D eigenvalue weighted by Gasteiger charge is 2.23. The number of urea groups is 1. The molecule has 0 fully saturated rings. The zero-order valence-corrected chi connectivity index (χ0v) is 25.0. The molecule has 4 rings (SSSR count). The summed E-state index contributed by atoms with van der Waals surface area (Å²) in [6.45, 7) is 5.94. The molecule has 0 saturated carbocycles. The van der Waals surface area contributed by atoms with Crippen LogP contribution in [0.1, 0.15) is 36.1 Å². The molecule has 9 nitrogen and oxygen atoms in total. The molecule has 0 aromatic heterocycles. The predicted molar refractivity (Wildman–Crippen MR) is 170 cm³/mol. The smallest absolute Gasteiger partial charge is 0.408 e. The summed E-state index contributed by atoms with van der Waals surface area (Å²) < 4.78 is 11.4. The van der Waals surface area contributed by atoms with E-state index in [4.69, 9.17) is 9.47 Å². The first-order chi connectivity index (χ1) is 21.1. The van der Waals surface area contributed by atoms with Gasteiger partial charge in [0, 0.05) is 24.2 Å². The molecule has 0 aliphatic rings. The number of anilines is 2. The second-order valence-electron chi connectivity index (χ2n) is 11.1. The van der Waals surface area contributed by atoms with Crippen LogP contribution in [0.25, 0.3) is 0 Å². The number of alkyl carbamates (subject to hydrolysis) is 1. The Morgan fingerprint density at radius 3 is 2.07 bits per heavy atom. The van der Waals surface area contributed by atoms with E-state index < -0.39 is 23.7 Å². The molecule has 9 heteroatoms. The number of benzene rings is 4. The molecule has 0 aliphatic heterocycles. The van der Waals surface area contributed by atoms with E-state index in [1.165, 1.54) is 0 Å². The van der Waals surface area contributed by atoms with Gasteiger partial charge in [-0.1, -0.05) is 72.8 Å². The van der Waals surface area contributed by atoms with E-state index >= 15 is 0 Å². The number of carbonyl (C=O) groups is 3. The Morgan fingerprint density at radius 2 is 1.41 bits per heavy atom. The second kappa shape index (κ2) is 14.7. The van der Waals surface area contributed by atoms with E-state index in [0.29, 0.717) is 17.9 Å². The van der Waals surface area contributed by atoms with Gasteiger partial charge in [0.25, 0.3) is 0 Å². The first-order valence-corrected chi connectivity index (χ1v) is 14.3. The highest BCUT2D eigenvalue weighted by Crippen LogP contribution is 2.24. The first kappa shape index (κ1) is 31.6. The molecule has 1 atom stereocenters. The number of carboxylic acids is 1. The van der Waals surface area contributed by atoms with Crippen molar-refractivity contribution in [1.82, 2.24) is 5.32 Å². The maximum atomic E-state index is 12.4. The summed E-state index contributed by atoms with van der Waals surface area (Å²) >= 11 is 0. The van der Waals surface area contributed by atoms with Crippen molar-refractivity contribution in [2.75, 3.05) is 10.6 Å². The maximum Gasteiger partial charge on any atom is 0.408 e. The van der Waals surface area contributed by atoms with E-state index in [0.717, 1.165) is 27.9 Å². The van der Waals surface area contributed by atoms with Crippen LogP contribution in [-0.4, -0.2) is 34.8 Å². The average Bonchev–Trinajstić information content (AvgIpc) is 2.99. The molecular formula is C35H37N3O6. The van der Waals surface area contributed by atoms with Crippen molar-refractivity contribution in [2.24, 2.45) is 0 Å². The fourth-order valence-corrected chi connectivity index (χ4v) is 4.59. The zero-order valence-electron chi connectivity index (χ0n) is 25.0. The Balaban J connectivity index is 1.26. The molecule has 3 amide bonds. The molecular weight excluding hydrogens is 558 g/mol. The lowest BCUT2D eigenvalue weighted by Crippen LogP contribution is -2.42. The van der Waals surface area contributed by atoms with Crippen molar-refractivity contribution in [3.8, 4) is 5.75 Å². The number of amides is 3. The number of aliphatic carboxylic acids is 1. The van der Waals surface area contributed by atoms with Gasteiger partial charge < -0.3 is 30.5 Å². The summed E-state index contributed by atoms with van der Waals surface area (Å²) in [5, 5.41) is 17.8. The first-order valence-electron chi connectivity index (χ1n) is 14.3. The van der Waals surface area contributed by atoms with Crippen molar-refractivity contribution in [2.45, 2.75) is 51.9 Å². The number of rotatable bonds is 12. The van der Waals surface area contributed by atoms with Crippen LogP contribution >= 0.6 is 0 Å². The van der Waals surface area contributed by atoms with Gasteiger partial charge >= 0.3 is 18.1 Å². The third kappa shape index (κ3) is 9.90. The van der Waals surface area contributed by atoms with E-state index in [1.54, 1.807) is 24.3 Å². The number of nitrogens with one attached hydrogen (secondary N) is 3. The number of para-hydroxylation sites is 1. The Bertz CT molecular complexity index is 1550. The van der Waals surface area contributed by atoms with Gasteiger partial charge in [-0.15, -0.1) is 0 Å². The molecule has 44 heavy (non-hydrogen) atoms. The standard InChI is InChI=1S/C35H37N3O6/c1-24-9-7-8-12-30(24)37-33(41)36-28-17-13-26(14-18-28)22-35(2,3)44-29-19-15-25(16-20-29)21-31(32(39)40)38-34(42)43-23-27-10-5-4-6-11-27/h4-20,31H,21-23H2,1-3H3,(H,38,42)(H,39,40)(H2,36,37,41)/t31-/m0/s1. The minimum Gasteiger partial charge on any atom is -0.488 e. The molecule has 0 heterocycles. The minimum absolute atomic E-state index is 0.0491. The molecule has 228 valence electrons. The summed E-state index contributed by atoms with van der Waals surface area (Å²) in [5.74, 6) is -0.525. The van der Waals surface area contributed by atoms with E-state index in [-0.39, 0.29) is 19.1 Å². The van der Waals surface area contributed by atoms with Crippen LogP contribution in [0.4, 0.5) is 21.0 Å². The molecule has 0 aliphatic carbocycles. The third-order valence-corrected chi connectivity index (χ3v) is 6.80. The number of hydrogen-bond acceptors (Lipinski definition) is 5. The van der Waals surface area contributed by atoms with Crippen LogP contribution in [0.5, 0.6) is 5.75 Å². The normalized spacial score (nSPS) is 11.6. The van der Waals surface area contributed by atoms with Crippen LogP contribution in [0.2, 0.25) is 0 Å². The van der Waals surface area contributed by atoms with Crippen LogP contribution in [-0.2, 0) is 29.0 Å². The number of carbonyl (C=O) groups excluding carboxylic acids is 2. The Morgan fingerprint density at radius 1 is 0.773 bits per heavy atom. The predicted octanol–water partition coefficient (Wildman–Crippen LogP) is 6.96. The summed E-state index contributed by atoms with van der Waals surface area (Å²) in [7, 11) is 0. The van der Waals surface area contributed by atoms with Crippen molar-refractivity contribution in [1.29, 1.82) is 0 Å². The fourth-order valence-electron chi connectivity index (χ4n) is 4.59. The molecule has 4 aromatic rings. The van der Waals surface area contributed by atoms with Crippen molar-refractivity contribution in [3.63, 3.8) is 0 Å². The highest BCUT2D eigenvalue weighted by molar-refractivity contribution is 6.00. The lowest BCUT2D eigenvalue weighted by molar-refractivity contribution is -0.139. The number of carboxylic acid groups (broad SMARTS) is 1. The summed E-state index contributed by atoms with van der Waals surface area (Å²) in [4.78, 5) is 36.4. The van der Waals surface area contributed by atoms with E-state index in [1.807, 2.05) is 99.6 Å². The van der Waals surface area contributed by atoms with Gasteiger partial charge in [0.2, 0.25) is 0 Å². The maximum absolute atomic E-state index is 12.4. The largest absolute Gasteiger partial charge is 0.488 e. The monoisotopic (exact) mass is 595 g/mol. The van der Waals surface area contributed by atoms with Gasteiger partial charge in [-0.3, -0.25) is 0 Å². The lowest BCUT2D eigenvalue weighted by Gasteiger charge is -2.27. The van der Waals surface area contributed by atoms with Crippen LogP contribution in [0.3, 0.4) is 0 Å². The van der Waals surface area contributed by atoms with Crippen LogP contribution in [0, 0.1) is 6.92 Å². The van der Waals surface area contributed by atoms with Gasteiger partial charge in [-0.2, -0.15) is 0 Å². The number of aryl methyl sites for hydroxylation is 1. The Hall–Kier alpha value is -5.31. The van der Waals surface area contributed by atoms with E-state index in [9.17, 15) is 19.5 Å². The van der Waals surface area contributed by atoms with Crippen LogP contribution < -0.4 is 20.7 Å². The molecule has 0 unspecified atom stereocenters. The molecule has 4 aromatic carbocycles. The highest BCUT2D eigenvalue weighted by atomic mass is 16.5. The summed E-state index contributed by atoms with van der Waals surface area (Å²) in [6, 6.07) is 30.0. The fraction of sp³-hybridized carbons (Fsp3) is 0.229. The molecule has 0 bridgehead atoms. The molecule has 4 N–H and O–H groups in total. The van der Waals surface area contributed by atoms with Gasteiger partial charge in [-0.05, 0) is 73.4 Å². The molecule has 0 radical (unpaired) electrons. The SMILES string of the molecule is Cc1ccccc1NC(=O)Nc1ccc(CC(C)(C)Oc2ccc(C[C@H](NC(=O)OCc3ccccc3)C(=O)O)cc2)cc1. The zero-order chi connectivity index (χ0) is 31.5. The molecule has 0 spiro atoms. The Labute approximate surface area is 257 Å². The number of hydrogen-bond donors (Lipinski definition) is 4. The van der Waals surface area contributed by atoms with Gasteiger partial charge in [-0.25, -0.2) is 14.4 Å². The van der Waals surface area contributed by atoms with Crippen molar-refractivity contribution >= 4 is 29.5 Å². The van der Waals surface area contributed by atoms with Gasteiger partial charge in [0.1, 0.15) is 24.0 Å².